The zero-order valence-electron chi connectivity index (χ0n) is 10.8. The summed E-state index contributed by atoms with van der Waals surface area (Å²) in [7, 11) is 0. The highest BCUT2D eigenvalue weighted by atomic mass is 32.1. The minimum Gasteiger partial charge on any atom is -0.326 e. The van der Waals surface area contributed by atoms with E-state index in [9.17, 15) is 0 Å². The van der Waals surface area contributed by atoms with Crippen molar-refractivity contribution in [3.63, 3.8) is 0 Å². The van der Waals surface area contributed by atoms with Crippen molar-refractivity contribution in [3.8, 4) is 0 Å². The Balaban J connectivity index is 2.08. The molecule has 96 valence electrons. The average molecular weight is 252 g/mol. The van der Waals surface area contributed by atoms with Crippen molar-refractivity contribution in [3.05, 3.63) is 22.4 Å². The topological polar surface area (TPSA) is 29.3 Å². The van der Waals surface area contributed by atoms with E-state index in [1.807, 2.05) is 11.3 Å². The van der Waals surface area contributed by atoms with Crippen LogP contribution in [0.5, 0.6) is 0 Å². The van der Waals surface area contributed by atoms with E-state index < -0.39 is 0 Å². The van der Waals surface area contributed by atoms with Crippen LogP contribution in [-0.2, 0) is 0 Å². The molecule has 1 aliphatic rings. The summed E-state index contributed by atoms with van der Waals surface area (Å²) in [5.41, 5.74) is 6.21. The normalized spacial score (nSPS) is 22.7. The Morgan fingerprint density at radius 2 is 1.82 bits per heavy atom. The largest absolute Gasteiger partial charge is 0.326 e. The fourth-order valence-corrected chi connectivity index (χ4v) is 3.76. The van der Waals surface area contributed by atoms with Crippen LogP contribution < -0.4 is 5.73 Å². The lowest BCUT2D eigenvalue weighted by Gasteiger charge is -2.34. The first-order valence-electron chi connectivity index (χ1n) is 6.82. The van der Waals surface area contributed by atoms with Crippen LogP contribution in [0.3, 0.4) is 0 Å². The summed E-state index contributed by atoms with van der Waals surface area (Å²) in [6.45, 7) is 4.57. The highest BCUT2D eigenvalue weighted by Gasteiger charge is 2.24. The van der Waals surface area contributed by atoms with Gasteiger partial charge in [0, 0.05) is 10.9 Å². The van der Waals surface area contributed by atoms with Gasteiger partial charge in [-0.2, -0.15) is 0 Å². The van der Waals surface area contributed by atoms with E-state index in [1.54, 1.807) is 0 Å². The minimum atomic E-state index is 0.216. The summed E-state index contributed by atoms with van der Waals surface area (Å²) >= 11 is 1.84. The van der Waals surface area contributed by atoms with Gasteiger partial charge >= 0.3 is 0 Å². The molecular weight excluding hydrogens is 228 g/mol. The number of thiophene rings is 1. The average Bonchev–Trinajstić information content (AvgIpc) is 2.74. The zero-order chi connectivity index (χ0) is 12.1. The number of hydrogen-bond acceptors (Lipinski definition) is 3. The maximum Gasteiger partial charge on any atom is 0.0590 e. The SMILES string of the molecule is CC(N)C(c1cccs1)N1CCCCCCC1. The second-order valence-electron chi connectivity index (χ2n) is 5.12. The lowest BCUT2D eigenvalue weighted by Crippen LogP contribution is -2.40. The Morgan fingerprint density at radius 1 is 1.18 bits per heavy atom. The van der Waals surface area contributed by atoms with E-state index in [0.717, 1.165) is 0 Å². The van der Waals surface area contributed by atoms with Gasteiger partial charge in [-0.15, -0.1) is 11.3 Å². The molecule has 1 fully saturated rings. The van der Waals surface area contributed by atoms with Crippen LogP contribution in [0, 0.1) is 0 Å². The number of likely N-dealkylation sites (tertiary alicyclic amines) is 1. The predicted molar refractivity (Wildman–Crippen MR) is 75.4 cm³/mol. The van der Waals surface area contributed by atoms with Crippen molar-refractivity contribution in [2.24, 2.45) is 5.73 Å². The quantitative estimate of drug-likeness (QED) is 0.893. The standard InChI is InChI=1S/C14H24N2S/c1-12(15)14(13-8-7-11-17-13)16-9-5-3-2-4-6-10-16/h7-8,11-12,14H,2-6,9-10,15H2,1H3. The third-order valence-corrected chi connectivity index (χ3v) is 4.56. The molecule has 0 spiro atoms. The monoisotopic (exact) mass is 252 g/mol. The highest BCUT2D eigenvalue weighted by Crippen LogP contribution is 2.29. The van der Waals surface area contributed by atoms with Gasteiger partial charge in [0.25, 0.3) is 0 Å². The van der Waals surface area contributed by atoms with Crippen molar-refractivity contribution >= 4 is 11.3 Å². The zero-order valence-corrected chi connectivity index (χ0v) is 11.6. The molecule has 2 rings (SSSR count). The van der Waals surface area contributed by atoms with Crippen LogP contribution in [0.15, 0.2) is 17.5 Å². The fraction of sp³-hybridized carbons (Fsp3) is 0.714. The van der Waals surface area contributed by atoms with E-state index in [2.05, 4.69) is 29.3 Å². The summed E-state index contributed by atoms with van der Waals surface area (Å²) in [4.78, 5) is 4.04. The Labute approximate surface area is 109 Å². The molecule has 17 heavy (non-hydrogen) atoms. The van der Waals surface area contributed by atoms with Crippen molar-refractivity contribution in [1.29, 1.82) is 0 Å². The van der Waals surface area contributed by atoms with Gasteiger partial charge in [0.1, 0.15) is 0 Å². The van der Waals surface area contributed by atoms with Gasteiger partial charge in [0.15, 0.2) is 0 Å². The van der Waals surface area contributed by atoms with Crippen LogP contribution in [-0.4, -0.2) is 24.0 Å². The molecule has 3 heteroatoms. The van der Waals surface area contributed by atoms with E-state index >= 15 is 0 Å². The number of hydrogen-bond donors (Lipinski definition) is 1. The fourth-order valence-electron chi connectivity index (χ4n) is 2.78. The summed E-state index contributed by atoms with van der Waals surface area (Å²) in [5.74, 6) is 0. The molecule has 0 amide bonds. The molecule has 2 N–H and O–H groups in total. The molecule has 0 aliphatic carbocycles. The molecular formula is C14H24N2S. The molecule has 2 atom stereocenters. The molecule has 2 unspecified atom stereocenters. The van der Waals surface area contributed by atoms with Gasteiger partial charge in [0.2, 0.25) is 0 Å². The molecule has 0 aromatic carbocycles. The van der Waals surface area contributed by atoms with Crippen LogP contribution in [0.25, 0.3) is 0 Å². The number of nitrogens with zero attached hydrogens (tertiary/aromatic N) is 1. The summed E-state index contributed by atoms with van der Waals surface area (Å²) in [5, 5.41) is 2.16. The van der Waals surface area contributed by atoms with Gasteiger partial charge in [-0.05, 0) is 44.3 Å². The smallest absolute Gasteiger partial charge is 0.0590 e. The van der Waals surface area contributed by atoms with Crippen LogP contribution in [0.4, 0.5) is 0 Å². The van der Waals surface area contributed by atoms with Crippen LogP contribution >= 0.6 is 11.3 Å². The second-order valence-corrected chi connectivity index (χ2v) is 6.10. The molecule has 1 aliphatic heterocycles. The highest BCUT2D eigenvalue weighted by molar-refractivity contribution is 7.10. The third kappa shape index (κ3) is 3.54. The predicted octanol–water partition coefficient (Wildman–Crippen LogP) is 3.40. The first kappa shape index (κ1) is 13.1. The summed E-state index contributed by atoms with van der Waals surface area (Å²) in [6, 6.07) is 5.01. The molecule has 0 saturated carbocycles. The van der Waals surface area contributed by atoms with Crippen LogP contribution in [0.2, 0.25) is 0 Å². The van der Waals surface area contributed by atoms with Crippen molar-refractivity contribution in [2.45, 2.75) is 51.1 Å². The number of rotatable bonds is 3. The third-order valence-electron chi connectivity index (χ3n) is 3.62. The Morgan fingerprint density at radius 3 is 2.35 bits per heavy atom. The van der Waals surface area contributed by atoms with Gasteiger partial charge in [-0.1, -0.05) is 25.3 Å². The summed E-state index contributed by atoms with van der Waals surface area (Å²) < 4.78 is 0. The summed E-state index contributed by atoms with van der Waals surface area (Å²) in [6.07, 6.45) is 6.83. The molecule has 2 nitrogen and oxygen atoms in total. The second kappa shape index (κ2) is 6.53. The molecule has 1 aromatic heterocycles. The van der Waals surface area contributed by atoms with E-state index in [0.29, 0.717) is 6.04 Å². The minimum absolute atomic E-state index is 0.216. The molecule has 0 bridgehead atoms. The first-order chi connectivity index (χ1) is 8.29. The van der Waals surface area contributed by atoms with Gasteiger partial charge in [0.05, 0.1) is 6.04 Å². The lowest BCUT2D eigenvalue weighted by molar-refractivity contribution is 0.164. The van der Waals surface area contributed by atoms with E-state index in [1.165, 1.54) is 50.1 Å². The maximum absolute atomic E-state index is 6.21. The Kier molecular flexibility index (Phi) is 5.01. The maximum atomic E-state index is 6.21. The Hall–Kier alpha value is -0.380. The van der Waals surface area contributed by atoms with Crippen molar-refractivity contribution < 1.29 is 0 Å². The van der Waals surface area contributed by atoms with E-state index in [-0.39, 0.29) is 6.04 Å². The molecule has 2 heterocycles. The molecule has 1 aromatic rings. The van der Waals surface area contributed by atoms with Crippen molar-refractivity contribution in [2.75, 3.05) is 13.1 Å². The first-order valence-corrected chi connectivity index (χ1v) is 7.70. The Bertz CT molecular complexity index is 300. The van der Waals surface area contributed by atoms with Gasteiger partial charge in [-0.25, -0.2) is 0 Å². The van der Waals surface area contributed by atoms with E-state index in [4.69, 9.17) is 5.73 Å². The van der Waals surface area contributed by atoms with Crippen molar-refractivity contribution in [1.82, 2.24) is 4.90 Å². The number of nitrogens with two attached hydrogens (primary N) is 1. The van der Waals surface area contributed by atoms with Crippen LogP contribution in [0.1, 0.15) is 49.9 Å². The molecule has 0 radical (unpaired) electrons. The lowest BCUT2D eigenvalue weighted by atomic mass is 10.0. The molecule has 1 saturated heterocycles. The van der Waals surface area contributed by atoms with Gasteiger partial charge < -0.3 is 5.73 Å². The van der Waals surface area contributed by atoms with Gasteiger partial charge in [-0.3, -0.25) is 4.90 Å².